The average molecular weight is 288 g/mol. The molecule has 0 heterocycles. The average Bonchev–Trinajstić information content (AvgIpc) is 2.51. The highest BCUT2D eigenvalue weighted by atomic mass is 16.5. The Morgan fingerprint density at radius 1 is 0.810 bits per heavy atom. The summed E-state index contributed by atoms with van der Waals surface area (Å²) in [4.78, 5) is 0. The van der Waals surface area contributed by atoms with Gasteiger partial charge in [-0.15, -0.1) is 0 Å². The molecular formula is C20H32O. The molecule has 0 N–H and O–H groups in total. The molecule has 0 radical (unpaired) electrons. The first-order valence-corrected chi connectivity index (χ1v) is 8.73. The van der Waals surface area contributed by atoms with E-state index in [0.29, 0.717) is 0 Å². The van der Waals surface area contributed by atoms with Crippen LogP contribution in [0, 0.1) is 0 Å². The molecule has 0 unspecified atom stereocenters. The molecule has 0 aromatic heterocycles. The van der Waals surface area contributed by atoms with Crippen molar-refractivity contribution < 1.29 is 4.74 Å². The summed E-state index contributed by atoms with van der Waals surface area (Å²) in [6.07, 6.45) is 16.6. The largest absolute Gasteiger partial charge is 0.466 e. The van der Waals surface area contributed by atoms with Gasteiger partial charge in [0.1, 0.15) is 5.75 Å². The standard InChI is InChI=1S/C20H32O/c1-3-5-6-7-8-9-10-11-12-13-14-19-15-17-20(18-16-19)21-4-2/h4,15-18H,2-3,5-14H2,1H3. The van der Waals surface area contributed by atoms with E-state index in [-0.39, 0.29) is 0 Å². The summed E-state index contributed by atoms with van der Waals surface area (Å²) in [6, 6.07) is 8.36. The third-order valence-corrected chi connectivity index (χ3v) is 3.96. The van der Waals surface area contributed by atoms with Gasteiger partial charge in [0.15, 0.2) is 0 Å². The van der Waals surface area contributed by atoms with E-state index >= 15 is 0 Å². The third kappa shape index (κ3) is 9.33. The van der Waals surface area contributed by atoms with Crippen LogP contribution in [0.5, 0.6) is 5.75 Å². The van der Waals surface area contributed by atoms with Crippen LogP contribution in [0.2, 0.25) is 0 Å². The summed E-state index contributed by atoms with van der Waals surface area (Å²) < 4.78 is 5.23. The van der Waals surface area contributed by atoms with Crippen molar-refractivity contribution in [1.29, 1.82) is 0 Å². The Labute approximate surface area is 131 Å². The number of aryl methyl sites for hydroxylation is 1. The molecule has 1 rings (SSSR count). The van der Waals surface area contributed by atoms with Crippen LogP contribution in [0.1, 0.15) is 76.7 Å². The molecule has 118 valence electrons. The monoisotopic (exact) mass is 288 g/mol. The van der Waals surface area contributed by atoms with Crippen LogP contribution in [-0.4, -0.2) is 0 Å². The topological polar surface area (TPSA) is 9.23 Å². The van der Waals surface area contributed by atoms with E-state index in [4.69, 9.17) is 4.74 Å². The van der Waals surface area contributed by atoms with Gasteiger partial charge in [0.2, 0.25) is 0 Å². The van der Waals surface area contributed by atoms with Gasteiger partial charge in [0.25, 0.3) is 0 Å². The summed E-state index contributed by atoms with van der Waals surface area (Å²) in [5, 5.41) is 0. The van der Waals surface area contributed by atoms with Crippen LogP contribution in [0.4, 0.5) is 0 Å². The van der Waals surface area contributed by atoms with Gasteiger partial charge in [-0.25, -0.2) is 0 Å². The lowest BCUT2D eigenvalue weighted by atomic mass is 10.0. The zero-order chi connectivity index (χ0) is 15.2. The minimum Gasteiger partial charge on any atom is -0.466 e. The molecule has 0 spiro atoms. The van der Waals surface area contributed by atoms with Crippen molar-refractivity contribution in [2.45, 2.75) is 77.6 Å². The molecule has 1 aromatic carbocycles. The fourth-order valence-electron chi connectivity index (χ4n) is 2.65. The molecule has 0 aliphatic carbocycles. The second kappa shape index (κ2) is 12.5. The van der Waals surface area contributed by atoms with Gasteiger partial charge in [0.05, 0.1) is 6.26 Å². The number of benzene rings is 1. The van der Waals surface area contributed by atoms with Crippen molar-refractivity contribution in [1.82, 2.24) is 0 Å². The van der Waals surface area contributed by atoms with Crippen molar-refractivity contribution in [3.8, 4) is 5.75 Å². The number of hydrogen-bond donors (Lipinski definition) is 0. The van der Waals surface area contributed by atoms with E-state index in [2.05, 4.69) is 25.6 Å². The molecule has 21 heavy (non-hydrogen) atoms. The van der Waals surface area contributed by atoms with E-state index in [9.17, 15) is 0 Å². The van der Waals surface area contributed by atoms with Crippen molar-refractivity contribution in [2.75, 3.05) is 0 Å². The highest BCUT2D eigenvalue weighted by Gasteiger charge is 1.96. The maximum absolute atomic E-state index is 5.23. The highest BCUT2D eigenvalue weighted by Crippen LogP contribution is 2.15. The second-order valence-corrected chi connectivity index (χ2v) is 5.86. The Hall–Kier alpha value is -1.24. The fraction of sp³-hybridized carbons (Fsp3) is 0.600. The minimum absolute atomic E-state index is 0.872. The Morgan fingerprint density at radius 2 is 1.33 bits per heavy atom. The van der Waals surface area contributed by atoms with Crippen LogP contribution >= 0.6 is 0 Å². The van der Waals surface area contributed by atoms with E-state index < -0.39 is 0 Å². The van der Waals surface area contributed by atoms with Crippen molar-refractivity contribution in [3.05, 3.63) is 42.7 Å². The quantitative estimate of drug-likeness (QED) is 0.291. The lowest BCUT2D eigenvalue weighted by Crippen LogP contribution is -1.87. The lowest BCUT2D eigenvalue weighted by Gasteiger charge is -2.04. The minimum atomic E-state index is 0.872. The molecule has 1 aromatic rings. The van der Waals surface area contributed by atoms with Crippen LogP contribution < -0.4 is 4.74 Å². The van der Waals surface area contributed by atoms with Crippen LogP contribution in [0.15, 0.2) is 37.1 Å². The zero-order valence-electron chi connectivity index (χ0n) is 13.8. The summed E-state index contributed by atoms with van der Waals surface area (Å²) >= 11 is 0. The van der Waals surface area contributed by atoms with Crippen molar-refractivity contribution in [2.24, 2.45) is 0 Å². The normalized spacial score (nSPS) is 10.5. The first kappa shape index (κ1) is 17.8. The Bertz CT molecular complexity index is 353. The summed E-state index contributed by atoms with van der Waals surface area (Å²) in [5.41, 5.74) is 1.41. The second-order valence-electron chi connectivity index (χ2n) is 5.86. The maximum atomic E-state index is 5.23. The molecule has 0 saturated carbocycles. The first-order chi connectivity index (χ1) is 10.4. The van der Waals surface area contributed by atoms with Gasteiger partial charge in [-0.1, -0.05) is 83.4 Å². The predicted octanol–water partition coefficient (Wildman–Crippen LogP) is 6.67. The molecule has 0 saturated heterocycles. The Kier molecular flexibility index (Phi) is 10.6. The lowest BCUT2D eigenvalue weighted by molar-refractivity contribution is 0.483. The van der Waals surface area contributed by atoms with E-state index in [1.54, 1.807) is 0 Å². The van der Waals surface area contributed by atoms with E-state index in [0.717, 1.165) is 5.75 Å². The van der Waals surface area contributed by atoms with Gasteiger partial charge in [-0.05, 0) is 30.5 Å². The molecule has 0 aliphatic rings. The SMILES string of the molecule is C=COc1ccc(CCCCCCCCCCCC)cc1. The molecule has 0 amide bonds. The number of hydrogen-bond acceptors (Lipinski definition) is 1. The highest BCUT2D eigenvalue weighted by molar-refractivity contribution is 5.27. The molecule has 0 bridgehead atoms. The zero-order valence-corrected chi connectivity index (χ0v) is 13.8. The Morgan fingerprint density at radius 3 is 1.86 bits per heavy atom. The molecule has 1 nitrogen and oxygen atoms in total. The number of rotatable bonds is 13. The van der Waals surface area contributed by atoms with Crippen LogP contribution in [0.3, 0.4) is 0 Å². The molecular weight excluding hydrogens is 256 g/mol. The molecule has 0 aliphatic heterocycles. The van der Waals surface area contributed by atoms with Crippen LogP contribution in [0.25, 0.3) is 0 Å². The van der Waals surface area contributed by atoms with Gasteiger partial charge in [0, 0.05) is 0 Å². The number of unbranched alkanes of at least 4 members (excludes halogenated alkanes) is 9. The van der Waals surface area contributed by atoms with Crippen molar-refractivity contribution >= 4 is 0 Å². The number of ether oxygens (including phenoxy) is 1. The first-order valence-electron chi connectivity index (χ1n) is 8.73. The fourth-order valence-corrected chi connectivity index (χ4v) is 2.65. The summed E-state index contributed by atoms with van der Waals surface area (Å²) in [6.45, 7) is 5.84. The predicted molar refractivity (Wildman–Crippen MR) is 92.8 cm³/mol. The summed E-state index contributed by atoms with van der Waals surface area (Å²) in [7, 11) is 0. The van der Waals surface area contributed by atoms with Crippen LogP contribution in [-0.2, 0) is 6.42 Å². The van der Waals surface area contributed by atoms with E-state index in [1.165, 1.54) is 82.5 Å². The smallest absolute Gasteiger partial charge is 0.126 e. The van der Waals surface area contributed by atoms with Gasteiger partial charge >= 0.3 is 0 Å². The van der Waals surface area contributed by atoms with Gasteiger partial charge < -0.3 is 4.74 Å². The summed E-state index contributed by atoms with van der Waals surface area (Å²) in [5.74, 6) is 0.872. The van der Waals surface area contributed by atoms with Crippen molar-refractivity contribution in [3.63, 3.8) is 0 Å². The third-order valence-electron chi connectivity index (χ3n) is 3.96. The molecule has 0 atom stereocenters. The maximum Gasteiger partial charge on any atom is 0.126 e. The molecule has 0 fully saturated rings. The van der Waals surface area contributed by atoms with Gasteiger partial charge in [-0.3, -0.25) is 0 Å². The van der Waals surface area contributed by atoms with E-state index in [1.807, 2.05) is 12.1 Å². The Balaban J connectivity index is 1.95. The molecule has 1 heteroatoms. The van der Waals surface area contributed by atoms with Gasteiger partial charge in [-0.2, -0.15) is 0 Å².